The van der Waals surface area contributed by atoms with Gasteiger partial charge in [-0.25, -0.2) is 4.98 Å². The minimum atomic E-state index is -4.61. The summed E-state index contributed by atoms with van der Waals surface area (Å²) in [5, 5.41) is 5.79. The van der Waals surface area contributed by atoms with Crippen LogP contribution in [0.4, 0.5) is 36.3 Å². The van der Waals surface area contributed by atoms with E-state index in [1.54, 1.807) is 24.3 Å². The zero-order valence-electron chi connectivity index (χ0n) is 17.7. The third-order valence-corrected chi connectivity index (χ3v) is 5.39. The molecule has 0 unspecified atom stereocenters. The van der Waals surface area contributed by atoms with Crippen LogP contribution in [0.1, 0.15) is 43.2 Å². The minimum Gasteiger partial charge on any atom is -0.488 e. The molecule has 1 aliphatic rings. The Bertz CT molecular complexity index is 1050. The van der Waals surface area contributed by atoms with Gasteiger partial charge in [0.2, 0.25) is 5.95 Å². The third kappa shape index (κ3) is 5.49. The molecule has 2 aromatic carbocycles. The quantitative estimate of drug-likeness (QED) is 0.430. The average molecular weight is 442 g/mol. The van der Waals surface area contributed by atoms with Crippen LogP contribution in [0.15, 0.2) is 54.7 Å². The van der Waals surface area contributed by atoms with Crippen molar-refractivity contribution in [1.29, 1.82) is 0 Å². The van der Waals surface area contributed by atoms with Crippen LogP contribution in [0.2, 0.25) is 0 Å². The third-order valence-electron chi connectivity index (χ3n) is 5.39. The van der Waals surface area contributed by atoms with Gasteiger partial charge in [-0.1, -0.05) is 36.2 Å². The molecule has 0 amide bonds. The maximum atomic E-state index is 13.7. The largest absolute Gasteiger partial charge is 0.488 e. The highest BCUT2D eigenvalue weighted by atomic mass is 19.4. The second kappa shape index (κ2) is 9.46. The monoisotopic (exact) mass is 442 g/mol. The van der Waals surface area contributed by atoms with Crippen molar-refractivity contribution < 1.29 is 17.9 Å². The van der Waals surface area contributed by atoms with Crippen LogP contribution in [0.5, 0.6) is 5.75 Å². The molecular formula is C24H25F3N4O. The summed E-state index contributed by atoms with van der Waals surface area (Å²) >= 11 is 0. The number of aromatic nitrogens is 2. The second-order valence-corrected chi connectivity index (χ2v) is 7.94. The molecule has 2 N–H and O–H groups in total. The number of rotatable bonds is 6. The summed E-state index contributed by atoms with van der Waals surface area (Å²) in [6.45, 7) is 1.95. The Hall–Kier alpha value is -3.29. The maximum absolute atomic E-state index is 13.7. The number of benzene rings is 2. The molecule has 1 saturated carbocycles. The Morgan fingerprint density at radius 3 is 2.38 bits per heavy atom. The van der Waals surface area contributed by atoms with Gasteiger partial charge in [-0.2, -0.15) is 18.2 Å². The molecule has 0 saturated heterocycles. The molecule has 5 nitrogen and oxygen atoms in total. The fourth-order valence-electron chi connectivity index (χ4n) is 3.67. The van der Waals surface area contributed by atoms with E-state index >= 15 is 0 Å². The molecule has 0 spiro atoms. The van der Waals surface area contributed by atoms with Crippen LogP contribution in [0.3, 0.4) is 0 Å². The summed E-state index contributed by atoms with van der Waals surface area (Å²) in [6.07, 6.45) is 1.52. The van der Waals surface area contributed by atoms with Gasteiger partial charge in [0.15, 0.2) is 0 Å². The van der Waals surface area contributed by atoms with E-state index < -0.39 is 11.7 Å². The number of hydrogen-bond acceptors (Lipinski definition) is 5. The van der Waals surface area contributed by atoms with E-state index in [0.717, 1.165) is 37.4 Å². The number of para-hydroxylation sites is 2. The molecule has 0 bridgehead atoms. The standard InChI is InChI=1S/C24H25F3N4O/c1-16-11-13-17(14-12-16)29-23-28-15-19(24(25,26)27)22(31-23)30-20-9-5-6-10-21(20)32-18-7-3-2-4-8-18/h5-6,9-15,18H,2-4,7-8H2,1H3,(H2,28,29,30,31). The van der Waals surface area contributed by atoms with Crippen LogP contribution in [0, 0.1) is 6.92 Å². The molecule has 4 rings (SSSR count). The van der Waals surface area contributed by atoms with E-state index in [4.69, 9.17) is 4.74 Å². The Balaban J connectivity index is 1.62. The lowest BCUT2D eigenvalue weighted by Gasteiger charge is -2.24. The number of aryl methyl sites for hydroxylation is 1. The van der Waals surface area contributed by atoms with Gasteiger partial charge < -0.3 is 15.4 Å². The molecule has 1 fully saturated rings. The Morgan fingerprint density at radius 2 is 1.66 bits per heavy atom. The molecule has 3 aromatic rings. The number of anilines is 4. The summed E-state index contributed by atoms with van der Waals surface area (Å²) in [5.41, 5.74) is 1.24. The molecule has 0 atom stereocenters. The predicted molar refractivity (Wildman–Crippen MR) is 119 cm³/mol. The smallest absolute Gasteiger partial charge is 0.421 e. The topological polar surface area (TPSA) is 59.1 Å². The SMILES string of the molecule is Cc1ccc(Nc2ncc(C(F)(F)F)c(Nc3ccccc3OC3CCCCC3)n2)cc1. The van der Waals surface area contributed by atoms with Gasteiger partial charge >= 0.3 is 6.18 Å². The first-order valence-electron chi connectivity index (χ1n) is 10.7. The second-order valence-electron chi connectivity index (χ2n) is 7.94. The zero-order valence-corrected chi connectivity index (χ0v) is 17.7. The lowest BCUT2D eigenvalue weighted by molar-refractivity contribution is -0.137. The van der Waals surface area contributed by atoms with Crippen molar-refractivity contribution >= 4 is 23.1 Å². The molecule has 1 aromatic heterocycles. The first kappa shape index (κ1) is 21.9. The van der Waals surface area contributed by atoms with Crippen molar-refractivity contribution in [2.75, 3.05) is 10.6 Å². The van der Waals surface area contributed by atoms with E-state index in [0.29, 0.717) is 17.1 Å². The molecule has 1 heterocycles. The maximum Gasteiger partial charge on any atom is 0.421 e. The van der Waals surface area contributed by atoms with Crippen LogP contribution < -0.4 is 15.4 Å². The predicted octanol–water partition coefficient (Wildman–Crippen LogP) is 7.00. The fraction of sp³-hybridized carbons (Fsp3) is 0.333. The molecule has 1 aliphatic carbocycles. The van der Waals surface area contributed by atoms with Gasteiger partial charge in [0.1, 0.15) is 17.1 Å². The normalized spacial score (nSPS) is 14.8. The van der Waals surface area contributed by atoms with Crippen LogP contribution in [0.25, 0.3) is 0 Å². The van der Waals surface area contributed by atoms with Gasteiger partial charge in [0.25, 0.3) is 0 Å². The first-order chi connectivity index (χ1) is 15.4. The number of halogens is 3. The van der Waals surface area contributed by atoms with E-state index in [9.17, 15) is 13.2 Å². The summed E-state index contributed by atoms with van der Waals surface area (Å²) in [4.78, 5) is 8.00. The molecule has 8 heteroatoms. The molecular weight excluding hydrogens is 417 g/mol. The van der Waals surface area contributed by atoms with Gasteiger partial charge in [-0.3, -0.25) is 0 Å². The fourth-order valence-corrected chi connectivity index (χ4v) is 3.67. The van der Waals surface area contributed by atoms with Gasteiger partial charge in [0, 0.05) is 11.9 Å². The number of ether oxygens (including phenoxy) is 1. The van der Waals surface area contributed by atoms with Crippen LogP contribution in [-0.2, 0) is 6.18 Å². The van der Waals surface area contributed by atoms with Gasteiger partial charge in [-0.05, 0) is 56.9 Å². The Kier molecular flexibility index (Phi) is 6.48. The number of alkyl halides is 3. The van der Waals surface area contributed by atoms with Crippen molar-refractivity contribution in [2.24, 2.45) is 0 Å². The number of nitrogens with one attached hydrogen (secondary N) is 2. The highest BCUT2D eigenvalue weighted by Gasteiger charge is 2.35. The molecule has 0 radical (unpaired) electrons. The minimum absolute atomic E-state index is 0.0648. The number of hydrogen-bond donors (Lipinski definition) is 2. The molecule has 32 heavy (non-hydrogen) atoms. The summed E-state index contributed by atoms with van der Waals surface area (Å²) in [7, 11) is 0. The van der Waals surface area contributed by atoms with E-state index in [-0.39, 0.29) is 17.9 Å². The van der Waals surface area contributed by atoms with Crippen molar-refractivity contribution in [3.8, 4) is 5.75 Å². The van der Waals surface area contributed by atoms with Crippen molar-refractivity contribution in [3.63, 3.8) is 0 Å². The summed E-state index contributed by atoms with van der Waals surface area (Å²) in [5.74, 6) is 0.246. The average Bonchev–Trinajstić information content (AvgIpc) is 2.77. The Morgan fingerprint density at radius 1 is 0.938 bits per heavy atom. The highest BCUT2D eigenvalue weighted by Crippen LogP contribution is 2.37. The zero-order chi connectivity index (χ0) is 22.6. The summed E-state index contributed by atoms with van der Waals surface area (Å²) < 4.78 is 47.1. The van der Waals surface area contributed by atoms with Gasteiger partial charge in [0.05, 0.1) is 11.8 Å². The highest BCUT2D eigenvalue weighted by molar-refractivity contribution is 5.67. The van der Waals surface area contributed by atoms with E-state index in [2.05, 4.69) is 20.6 Å². The van der Waals surface area contributed by atoms with Crippen molar-refractivity contribution in [2.45, 2.75) is 51.3 Å². The first-order valence-corrected chi connectivity index (χ1v) is 10.7. The molecule has 0 aliphatic heterocycles. The lowest BCUT2D eigenvalue weighted by atomic mass is 9.98. The number of nitrogens with zero attached hydrogens (tertiary/aromatic N) is 2. The van der Waals surface area contributed by atoms with Crippen LogP contribution in [-0.4, -0.2) is 16.1 Å². The van der Waals surface area contributed by atoms with E-state index in [1.165, 1.54) is 6.42 Å². The van der Waals surface area contributed by atoms with E-state index in [1.807, 2.05) is 31.2 Å². The summed E-state index contributed by atoms with van der Waals surface area (Å²) in [6, 6.07) is 14.4. The van der Waals surface area contributed by atoms with Gasteiger partial charge in [-0.15, -0.1) is 0 Å². The van der Waals surface area contributed by atoms with Crippen molar-refractivity contribution in [1.82, 2.24) is 9.97 Å². The van der Waals surface area contributed by atoms with Crippen molar-refractivity contribution in [3.05, 3.63) is 65.9 Å². The van der Waals surface area contributed by atoms with Crippen LogP contribution >= 0.6 is 0 Å². The lowest BCUT2D eigenvalue weighted by Crippen LogP contribution is -2.20. The Labute approximate surface area is 185 Å². The molecule has 168 valence electrons.